The summed E-state index contributed by atoms with van der Waals surface area (Å²) in [6.07, 6.45) is 1.65. The van der Waals surface area contributed by atoms with Crippen LogP contribution in [0, 0.1) is 5.82 Å². The number of hydrogen-bond acceptors (Lipinski definition) is 7. The van der Waals surface area contributed by atoms with Crippen LogP contribution < -0.4 is 0 Å². The van der Waals surface area contributed by atoms with Crippen molar-refractivity contribution in [1.82, 2.24) is 24.9 Å². The van der Waals surface area contributed by atoms with Crippen molar-refractivity contribution in [2.75, 3.05) is 13.7 Å². The molecule has 0 N–H and O–H groups in total. The first-order chi connectivity index (χ1) is 11.3. The van der Waals surface area contributed by atoms with Crippen molar-refractivity contribution < 1.29 is 13.7 Å². The first kappa shape index (κ1) is 15.6. The lowest BCUT2D eigenvalue weighted by Gasteiger charge is -2.03. The lowest BCUT2D eigenvalue weighted by Crippen LogP contribution is -2.04. The third-order valence-electron chi connectivity index (χ3n) is 3.01. The molecule has 0 radical (unpaired) electrons. The SMILES string of the molecule is COCCn1cnnc1SCc1noc(-c2ccc(F)cc2)n1. The van der Waals surface area contributed by atoms with Crippen LogP contribution in [-0.4, -0.2) is 38.6 Å². The highest BCUT2D eigenvalue weighted by molar-refractivity contribution is 7.98. The molecule has 0 fully saturated rings. The van der Waals surface area contributed by atoms with Crippen molar-refractivity contribution in [3.63, 3.8) is 0 Å². The van der Waals surface area contributed by atoms with E-state index in [1.807, 2.05) is 4.57 Å². The minimum absolute atomic E-state index is 0.306. The molecule has 0 unspecified atom stereocenters. The Hall–Kier alpha value is -2.26. The predicted octanol–water partition coefficient (Wildman–Crippen LogP) is 2.41. The van der Waals surface area contributed by atoms with Crippen LogP contribution >= 0.6 is 11.8 Å². The van der Waals surface area contributed by atoms with Gasteiger partial charge in [0.25, 0.3) is 5.89 Å². The van der Waals surface area contributed by atoms with Crippen molar-refractivity contribution in [2.45, 2.75) is 17.5 Å². The van der Waals surface area contributed by atoms with Crippen LogP contribution in [0.1, 0.15) is 5.82 Å². The zero-order valence-corrected chi connectivity index (χ0v) is 13.2. The Kier molecular flexibility index (Phi) is 4.99. The molecule has 7 nitrogen and oxygen atoms in total. The maximum Gasteiger partial charge on any atom is 0.257 e. The average Bonchev–Trinajstić information content (AvgIpc) is 3.21. The topological polar surface area (TPSA) is 78.9 Å². The Bertz CT molecular complexity index is 759. The van der Waals surface area contributed by atoms with Gasteiger partial charge in [-0.15, -0.1) is 10.2 Å². The minimum Gasteiger partial charge on any atom is -0.383 e. The Labute approximate surface area is 135 Å². The second-order valence-corrected chi connectivity index (χ2v) is 5.55. The molecule has 0 saturated heterocycles. The van der Waals surface area contributed by atoms with E-state index in [0.717, 1.165) is 5.16 Å². The normalized spacial score (nSPS) is 11.0. The highest BCUT2D eigenvalue weighted by Gasteiger charge is 2.11. The summed E-state index contributed by atoms with van der Waals surface area (Å²) in [6, 6.07) is 5.90. The second-order valence-electron chi connectivity index (χ2n) is 4.61. The zero-order valence-electron chi connectivity index (χ0n) is 12.3. The van der Waals surface area contributed by atoms with Gasteiger partial charge in [-0.05, 0) is 24.3 Å². The summed E-state index contributed by atoms with van der Waals surface area (Å²) >= 11 is 1.46. The molecule has 3 aromatic rings. The fourth-order valence-corrected chi connectivity index (χ4v) is 2.64. The second kappa shape index (κ2) is 7.34. The van der Waals surface area contributed by atoms with Gasteiger partial charge in [0.15, 0.2) is 11.0 Å². The first-order valence-electron chi connectivity index (χ1n) is 6.84. The third kappa shape index (κ3) is 3.93. The molecule has 3 rings (SSSR count). The highest BCUT2D eigenvalue weighted by atomic mass is 32.2. The number of methoxy groups -OCH3 is 1. The fourth-order valence-electron chi connectivity index (χ4n) is 1.85. The summed E-state index contributed by atoms with van der Waals surface area (Å²) in [4.78, 5) is 4.30. The Balaban J connectivity index is 1.63. The van der Waals surface area contributed by atoms with Gasteiger partial charge in [-0.1, -0.05) is 16.9 Å². The number of halogens is 1. The van der Waals surface area contributed by atoms with E-state index in [-0.39, 0.29) is 5.82 Å². The standard InChI is InChI=1S/C14H14FN5O2S/c1-21-7-6-20-9-16-18-14(20)23-8-12-17-13(22-19-12)10-2-4-11(15)5-3-10/h2-5,9H,6-8H2,1H3. The number of benzene rings is 1. The Morgan fingerprint density at radius 1 is 1.30 bits per heavy atom. The molecule has 23 heavy (non-hydrogen) atoms. The number of ether oxygens (including phenoxy) is 1. The van der Waals surface area contributed by atoms with E-state index in [1.165, 1.54) is 23.9 Å². The molecular weight excluding hydrogens is 321 g/mol. The molecule has 0 amide bonds. The van der Waals surface area contributed by atoms with Crippen LogP contribution in [0.25, 0.3) is 11.5 Å². The van der Waals surface area contributed by atoms with Crippen LogP contribution in [0.2, 0.25) is 0 Å². The van der Waals surface area contributed by atoms with Gasteiger partial charge < -0.3 is 13.8 Å². The quantitative estimate of drug-likeness (QED) is 0.613. The Morgan fingerprint density at radius 2 is 2.13 bits per heavy atom. The smallest absolute Gasteiger partial charge is 0.257 e. The van der Waals surface area contributed by atoms with Crippen LogP contribution in [0.4, 0.5) is 4.39 Å². The molecule has 0 aliphatic heterocycles. The number of thioether (sulfide) groups is 1. The molecular formula is C14H14FN5O2S. The highest BCUT2D eigenvalue weighted by Crippen LogP contribution is 2.22. The van der Waals surface area contributed by atoms with Gasteiger partial charge in [0.05, 0.1) is 12.4 Å². The molecule has 120 valence electrons. The summed E-state index contributed by atoms with van der Waals surface area (Å²) in [5.74, 6) is 1.09. The Morgan fingerprint density at radius 3 is 2.91 bits per heavy atom. The number of rotatable bonds is 7. The van der Waals surface area contributed by atoms with Crippen molar-refractivity contribution >= 4 is 11.8 Å². The van der Waals surface area contributed by atoms with E-state index in [2.05, 4.69) is 20.3 Å². The minimum atomic E-state index is -0.306. The largest absolute Gasteiger partial charge is 0.383 e. The predicted molar refractivity (Wildman–Crippen MR) is 81.2 cm³/mol. The van der Waals surface area contributed by atoms with E-state index in [9.17, 15) is 4.39 Å². The van der Waals surface area contributed by atoms with E-state index >= 15 is 0 Å². The van der Waals surface area contributed by atoms with Crippen LogP contribution in [0.5, 0.6) is 0 Å². The number of aromatic nitrogens is 5. The van der Waals surface area contributed by atoms with Gasteiger partial charge in [-0.3, -0.25) is 0 Å². The fraction of sp³-hybridized carbons (Fsp3) is 0.286. The molecule has 2 aromatic heterocycles. The zero-order chi connectivity index (χ0) is 16.1. The molecule has 0 aliphatic carbocycles. The molecule has 0 saturated carbocycles. The van der Waals surface area contributed by atoms with Crippen molar-refractivity contribution in [1.29, 1.82) is 0 Å². The van der Waals surface area contributed by atoms with Crippen molar-refractivity contribution in [3.05, 3.63) is 42.2 Å². The molecule has 0 aliphatic rings. The van der Waals surface area contributed by atoms with Gasteiger partial charge in [0.1, 0.15) is 12.1 Å². The molecule has 0 bridgehead atoms. The van der Waals surface area contributed by atoms with E-state index in [1.54, 1.807) is 25.6 Å². The lowest BCUT2D eigenvalue weighted by atomic mass is 10.2. The lowest BCUT2D eigenvalue weighted by molar-refractivity contribution is 0.184. The monoisotopic (exact) mass is 335 g/mol. The van der Waals surface area contributed by atoms with Gasteiger partial charge in [0.2, 0.25) is 0 Å². The summed E-state index contributed by atoms with van der Waals surface area (Å²) in [5.41, 5.74) is 0.679. The van der Waals surface area contributed by atoms with Gasteiger partial charge in [-0.2, -0.15) is 4.98 Å². The van der Waals surface area contributed by atoms with Crippen molar-refractivity contribution in [3.8, 4) is 11.5 Å². The molecule has 0 atom stereocenters. The summed E-state index contributed by atoms with van der Waals surface area (Å²) in [5, 5.41) is 12.6. The maximum absolute atomic E-state index is 12.9. The van der Waals surface area contributed by atoms with Crippen molar-refractivity contribution in [2.24, 2.45) is 0 Å². The molecule has 9 heteroatoms. The average molecular weight is 335 g/mol. The molecule has 2 heterocycles. The third-order valence-corrected chi connectivity index (χ3v) is 3.98. The number of nitrogens with zero attached hydrogens (tertiary/aromatic N) is 5. The molecule has 1 aromatic carbocycles. The van der Waals surface area contributed by atoms with E-state index < -0.39 is 0 Å². The van der Waals surface area contributed by atoms with E-state index in [4.69, 9.17) is 9.26 Å². The van der Waals surface area contributed by atoms with Crippen LogP contribution in [0.3, 0.4) is 0 Å². The van der Waals surface area contributed by atoms with Gasteiger partial charge in [-0.25, -0.2) is 4.39 Å². The summed E-state index contributed by atoms with van der Waals surface area (Å²) in [6.45, 7) is 1.27. The van der Waals surface area contributed by atoms with Crippen LogP contribution in [0.15, 0.2) is 40.3 Å². The number of hydrogen-bond donors (Lipinski definition) is 0. The summed E-state index contributed by atoms with van der Waals surface area (Å²) < 4.78 is 25.1. The van der Waals surface area contributed by atoms with Gasteiger partial charge >= 0.3 is 0 Å². The maximum atomic E-state index is 12.9. The van der Waals surface area contributed by atoms with Gasteiger partial charge in [0, 0.05) is 19.2 Å². The van der Waals surface area contributed by atoms with E-state index in [0.29, 0.717) is 36.2 Å². The summed E-state index contributed by atoms with van der Waals surface area (Å²) in [7, 11) is 1.65. The molecule has 0 spiro atoms. The first-order valence-corrected chi connectivity index (χ1v) is 7.83. The van der Waals surface area contributed by atoms with Crippen LogP contribution in [-0.2, 0) is 17.0 Å².